The van der Waals surface area contributed by atoms with Gasteiger partial charge in [-0.15, -0.1) is 0 Å². The molecule has 0 aliphatic heterocycles. The summed E-state index contributed by atoms with van der Waals surface area (Å²) in [6, 6.07) is 0. The van der Waals surface area contributed by atoms with Gasteiger partial charge >= 0.3 is 11.9 Å². The van der Waals surface area contributed by atoms with E-state index in [1.165, 1.54) is 0 Å². The number of esters is 2. The predicted molar refractivity (Wildman–Crippen MR) is 88.4 cm³/mol. The monoisotopic (exact) mass is 314 g/mol. The summed E-state index contributed by atoms with van der Waals surface area (Å²) >= 11 is 0. The highest BCUT2D eigenvalue weighted by atomic mass is 16.6. The van der Waals surface area contributed by atoms with Crippen LogP contribution in [-0.2, 0) is 19.1 Å². The second-order valence-corrected chi connectivity index (χ2v) is 7.21. The Bertz CT molecular complexity index is 321. The molecular weight excluding hydrogens is 280 g/mol. The lowest BCUT2D eigenvalue weighted by Gasteiger charge is -2.33. The second kappa shape index (κ2) is 9.86. The molecule has 0 N–H and O–H groups in total. The lowest BCUT2D eigenvalue weighted by molar-refractivity contribution is -0.178. The Morgan fingerprint density at radius 2 is 1.27 bits per heavy atom. The van der Waals surface area contributed by atoms with Crippen molar-refractivity contribution < 1.29 is 19.1 Å². The van der Waals surface area contributed by atoms with Crippen LogP contribution in [0, 0.1) is 23.2 Å². The highest BCUT2D eigenvalue weighted by Gasteiger charge is 2.51. The van der Waals surface area contributed by atoms with Gasteiger partial charge in [0.05, 0.1) is 13.2 Å². The molecule has 4 heteroatoms. The summed E-state index contributed by atoms with van der Waals surface area (Å²) in [6.07, 6.45) is 2.20. The molecule has 0 unspecified atom stereocenters. The van der Waals surface area contributed by atoms with Crippen LogP contribution in [0.5, 0.6) is 0 Å². The van der Waals surface area contributed by atoms with E-state index >= 15 is 0 Å². The van der Waals surface area contributed by atoms with Crippen molar-refractivity contribution in [2.45, 2.75) is 67.7 Å². The minimum Gasteiger partial charge on any atom is -0.465 e. The van der Waals surface area contributed by atoms with Crippen LogP contribution < -0.4 is 0 Å². The molecule has 0 aromatic rings. The van der Waals surface area contributed by atoms with Gasteiger partial charge in [-0.1, -0.05) is 61.3 Å². The summed E-state index contributed by atoms with van der Waals surface area (Å²) in [7, 11) is 0. The summed E-state index contributed by atoms with van der Waals surface area (Å²) < 4.78 is 10.8. The van der Waals surface area contributed by atoms with Crippen molar-refractivity contribution >= 4 is 11.9 Å². The maximum Gasteiger partial charge on any atom is 0.323 e. The highest BCUT2D eigenvalue weighted by molar-refractivity contribution is 6.00. The van der Waals surface area contributed by atoms with E-state index in [0.717, 1.165) is 12.8 Å². The molecule has 0 bridgehead atoms. The standard InChI is InChI=1S/C18H34O4/c1-8-9-10-18(15(6)7,16(19)21-11-13(2)3)17(20)22-12-14(4)5/h13-15H,8-12H2,1-7H3. The second-order valence-electron chi connectivity index (χ2n) is 7.21. The van der Waals surface area contributed by atoms with E-state index in [0.29, 0.717) is 19.6 Å². The van der Waals surface area contributed by atoms with Crippen molar-refractivity contribution in [1.82, 2.24) is 0 Å². The Labute approximate surface area is 135 Å². The van der Waals surface area contributed by atoms with Gasteiger partial charge in [-0.05, 0) is 24.2 Å². The third kappa shape index (κ3) is 5.98. The van der Waals surface area contributed by atoms with Crippen LogP contribution in [0.4, 0.5) is 0 Å². The molecule has 0 aliphatic carbocycles. The third-order valence-corrected chi connectivity index (χ3v) is 3.73. The smallest absolute Gasteiger partial charge is 0.323 e. The van der Waals surface area contributed by atoms with E-state index in [4.69, 9.17) is 9.47 Å². The van der Waals surface area contributed by atoms with E-state index in [1.54, 1.807) is 0 Å². The summed E-state index contributed by atoms with van der Waals surface area (Å²) in [6.45, 7) is 14.4. The van der Waals surface area contributed by atoms with Crippen LogP contribution >= 0.6 is 0 Å². The molecule has 0 heterocycles. The molecule has 0 fully saturated rings. The topological polar surface area (TPSA) is 52.6 Å². The Hall–Kier alpha value is -1.06. The SMILES string of the molecule is CCCCC(C(=O)OCC(C)C)(C(=O)OCC(C)C)C(C)C. The van der Waals surface area contributed by atoms with Gasteiger partial charge in [0.25, 0.3) is 0 Å². The molecule has 0 aliphatic rings. The lowest BCUT2D eigenvalue weighted by Crippen LogP contribution is -2.46. The number of hydrogen-bond donors (Lipinski definition) is 0. The first-order valence-electron chi connectivity index (χ1n) is 8.52. The Morgan fingerprint density at radius 1 is 0.864 bits per heavy atom. The normalized spacial score (nSPS) is 12.1. The van der Waals surface area contributed by atoms with Gasteiger partial charge in [0, 0.05) is 0 Å². The molecule has 4 nitrogen and oxygen atoms in total. The highest BCUT2D eigenvalue weighted by Crippen LogP contribution is 2.37. The number of carbonyl (C=O) groups is 2. The van der Waals surface area contributed by atoms with E-state index in [-0.39, 0.29) is 17.8 Å². The van der Waals surface area contributed by atoms with Gasteiger partial charge in [0.1, 0.15) is 0 Å². The van der Waals surface area contributed by atoms with Crippen LogP contribution in [0.3, 0.4) is 0 Å². The zero-order valence-electron chi connectivity index (χ0n) is 15.4. The molecule has 0 aromatic carbocycles. The minimum absolute atomic E-state index is 0.154. The van der Waals surface area contributed by atoms with E-state index < -0.39 is 17.4 Å². The fourth-order valence-electron chi connectivity index (χ4n) is 2.25. The van der Waals surface area contributed by atoms with Crippen molar-refractivity contribution in [3.63, 3.8) is 0 Å². The van der Waals surface area contributed by atoms with Crippen molar-refractivity contribution in [2.75, 3.05) is 13.2 Å². The van der Waals surface area contributed by atoms with Gasteiger partial charge in [-0.3, -0.25) is 9.59 Å². The molecule has 0 amide bonds. The molecule has 0 rings (SSSR count). The minimum atomic E-state index is -1.18. The molecule has 0 atom stereocenters. The van der Waals surface area contributed by atoms with E-state index in [2.05, 4.69) is 0 Å². The average molecular weight is 314 g/mol. The Kier molecular flexibility index (Phi) is 9.38. The number of rotatable bonds is 10. The first-order chi connectivity index (χ1) is 10.2. The molecular formula is C18H34O4. The van der Waals surface area contributed by atoms with Crippen LogP contribution in [0.1, 0.15) is 67.7 Å². The number of hydrogen-bond acceptors (Lipinski definition) is 4. The van der Waals surface area contributed by atoms with Crippen molar-refractivity contribution in [2.24, 2.45) is 23.2 Å². The maximum atomic E-state index is 12.7. The molecule has 22 heavy (non-hydrogen) atoms. The predicted octanol–water partition coefficient (Wildman–Crippen LogP) is 4.22. The van der Waals surface area contributed by atoms with Crippen LogP contribution in [0.15, 0.2) is 0 Å². The lowest BCUT2D eigenvalue weighted by atomic mass is 9.73. The fraction of sp³-hybridized carbons (Fsp3) is 0.889. The quantitative estimate of drug-likeness (QED) is 0.447. The summed E-state index contributed by atoms with van der Waals surface area (Å²) in [5, 5.41) is 0. The molecule has 0 radical (unpaired) electrons. The van der Waals surface area contributed by atoms with Crippen molar-refractivity contribution in [3.8, 4) is 0 Å². The molecule has 0 saturated carbocycles. The molecule has 130 valence electrons. The van der Waals surface area contributed by atoms with Crippen LogP contribution in [-0.4, -0.2) is 25.2 Å². The van der Waals surface area contributed by atoms with Gasteiger partial charge in [-0.2, -0.15) is 0 Å². The third-order valence-electron chi connectivity index (χ3n) is 3.73. The van der Waals surface area contributed by atoms with Gasteiger partial charge in [0.15, 0.2) is 5.41 Å². The van der Waals surface area contributed by atoms with Gasteiger partial charge in [0.2, 0.25) is 0 Å². The van der Waals surface area contributed by atoms with Crippen LogP contribution in [0.2, 0.25) is 0 Å². The number of unbranched alkanes of at least 4 members (excludes halogenated alkanes) is 1. The molecule has 0 spiro atoms. The summed E-state index contributed by atoms with van der Waals surface area (Å²) in [5.74, 6) is -0.534. The number of carbonyl (C=O) groups excluding carboxylic acids is 2. The fourth-order valence-corrected chi connectivity index (χ4v) is 2.25. The largest absolute Gasteiger partial charge is 0.465 e. The molecule has 0 aromatic heterocycles. The van der Waals surface area contributed by atoms with Crippen molar-refractivity contribution in [1.29, 1.82) is 0 Å². The zero-order valence-corrected chi connectivity index (χ0v) is 15.4. The van der Waals surface area contributed by atoms with E-state index in [1.807, 2.05) is 48.5 Å². The summed E-state index contributed by atoms with van der Waals surface area (Å²) in [4.78, 5) is 25.4. The maximum absolute atomic E-state index is 12.7. The Morgan fingerprint density at radius 3 is 1.55 bits per heavy atom. The summed E-state index contributed by atoms with van der Waals surface area (Å²) in [5.41, 5.74) is -1.18. The first kappa shape index (κ1) is 20.9. The number of ether oxygens (including phenoxy) is 2. The zero-order chi connectivity index (χ0) is 17.3. The average Bonchev–Trinajstić information content (AvgIpc) is 2.43. The van der Waals surface area contributed by atoms with Crippen molar-refractivity contribution in [3.05, 3.63) is 0 Å². The Balaban J connectivity index is 5.30. The van der Waals surface area contributed by atoms with Crippen LogP contribution in [0.25, 0.3) is 0 Å². The first-order valence-corrected chi connectivity index (χ1v) is 8.52. The molecule has 0 saturated heterocycles. The van der Waals surface area contributed by atoms with Gasteiger partial charge < -0.3 is 9.47 Å². The van der Waals surface area contributed by atoms with Gasteiger partial charge in [-0.25, -0.2) is 0 Å². The van der Waals surface area contributed by atoms with E-state index in [9.17, 15) is 9.59 Å².